The third-order valence-corrected chi connectivity index (χ3v) is 5.41. The van der Waals surface area contributed by atoms with Crippen LogP contribution in [0.2, 0.25) is 0 Å². The van der Waals surface area contributed by atoms with Gasteiger partial charge >= 0.3 is 0 Å². The predicted molar refractivity (Wildman–Crippen MR) is 118 cm³/mol. The Morgan fingerprint density at radius 3 is 2.58 bits per heavy atom. The molecular weight excluding hydrogens is 390 g/mol. The molecule has 1 amide bonds. The number of aromatic nitrogens is 4. The fourth-order valence-corrected chi connectivity index (χ4v) is 3.54. The number of hydrogen-bond donors (Lipinski definition) is 1. The van der Waals surface area contributed by atoms with Gasteiger partial charge in [0.05, 0.1) is 24.7 Å². The lowest BCUT2D eigenvalue weighted by Gasteiger charge is -2.08. The van der Waals surface area contributed by atoms with Crippen LogP contribution in [-0.4, -0.2) is 32.6 Å². The molecule has 0 atom stereocenters. The van der Waals surface area contributed by atoms with Gasteiger partial charge in [0.1, 0.15) is 11.6 Å². The van der Waals surface area contributed by atoms with Crippen LogP contribution < -0.4 is 10.1 Å². The molecule has 0 spiro atoms. The SMILES string of the molecule is COc1ccc(-c2cc(C(=O)Nc3ccnn3CC3CC3)nn2-c2ccccc2)cc1. The van der Waals surface area contributed by atoms with Crippen molar-refractivity contribution in [3.63, 3.8) is 0 Å². The summed E-state index contributed by atoms with van der Waals surface area (Å²) < 4.78 is 8.92. The van der Waals surface area contributed by atoms with Gasteiger partial charge in [-0.1, -0.05) is 18.2 Å². The predicted octanol–water partition coefficient (Wildman–Crippen LogP) is 4.41. The van der Waals surface area contributed by atoms with Gasteiger partial charge in [0.25, 0.3) is 5.91 Å². The van der Waals surface area contributed by atoms with E-state index >= 15 is 0 Å². The summed E-state index contributed by atoms with van der Waals surface area (Å²) in [6.45, 7) is 0.832. The average Bonchev–Trinajstić information content (AvgIpc) is 3.34. The number of carbonyl (C=O) groups excluding carboxylic acids is 1. The lowest BCUT2D eigenvalue weighted by atomic mass is 10.1. The van der Waals surface area contributed by atoms with Gasteiger partial charge in [-0.15, -0.1) is 0 Å². The first kappa shape index (κ1) is 19.1. The molecule has 31 heavy (non-hydrogen) atoms. The maximum atomic E-state index is 13.0. The summed E-state index contributed by atoms with van der Waals surface area (Å²) in [5, 5.41) is 11.9. The highest BCUT2D eigenvalue weighted by atomic mass is 16.5. The normalized spacial score (nSPS) is 13.2. The van der Waals surface area contributed by atoms with Crippen LogP contribution in [0.3, 0.4) is 0 Å². The molecule has 1 fully saturated rings. The summed E-state index contributed by atoms with van der Waals surface area (Å²) in [4.78, 5) is 13.0. The van der Waals surface area contributed by atoms with Crippen LogP contribution in [-0.2, 0) is 6.54 Å². The van der Waals surface area contributed by atoms with E-state index in [9.17, 15) is 4.79 Å². The minimum absolute atomic E-state index is 0.262. The van der Waals surface area contributed by atoms with Crippen molar-refractivity contribution >= 4 is 11.7 Å². The van der Waals surface area contributed by atoms with Gasteiger partial charge in [-0.2, -0.15) is 10.2 Å². The molecule has 2 aromatic carbocycles. The molecule has 1 aliphatic rings. The van der Waals surface area contributed by atoms with Crippen LogP contribution in [0.25, 0.3) is 16.9 Å². The van der Waals surface area contributed by atoms with Gasteiger partial charge in [0, 0.05) is 18.2 Å². The third kappa shape index (κ3) is 4.07. The zero-order chi connectivity index (χ0) is 21.2. The fraction of sp³-hybridized carbons (Fsp3) is 0.208. The minimum Gasteiger partial charge on any atom is -0.497 e. The number of amides is 1. The van der Waals surface area contributed by atoms with E-state index in [1.807, 2.05) is 71.4 Å². The number of hydrogen-bond acceptors (Lipinski definition) is 4. The smallest absolute Gasteiger partial charge is 0.277 e. The van der Waals surface area contributed by atoms with Crippen molar-refractivity contribution in [2.75, 3.05) is 12.4 Å². The van der Waals surface area contributed by atoms with Gasteiger partial charge in [0.2, 0.25) is 0 Å². The summed E-state index contributed by atoms with van der Waals surface area (Å²) in [5.74, 6) is 1.87. The minimum atomic E-state index is -0.262. The largest absolute Gasteiger partial charge is 0.497 e. The number of benzene rings is 2. The molecular formula is C24H23N5O2. The van der Waals surface area contributed by atoms with E-state index in [4.69, 9.17) is 4.74 Å². The van der Waals surface area contributed by atoms with Crippen LogP contribution in [0.1, 0.15) is 23.3 Å². The lowest BCUT2D eigenvalue weighted by Crippen LogP contribution is -2.17. The van der Waals surface area contributed by atoms with Gasteiger partial charge in [0.15, 0.2) is 5.69 Å². The molecule has 1 aliphatic carbocycles. The van der Waals surface area contributed by atoms with Gasteiger partial charge in [-0.3, -0.25) is 4.79 Å². The second-order valence-corrected chi connectivity index (χ2v) is 7.69. The molecule has 0 aliphatic heterocycles. The number of ether oxygens (including phenoxy) is 1. The summed E-state index contributed by atoms with van der Waals surface area (Å²) in [6.07, 6.45) is 4.16. The van der Waals surface area contributed by atoms with Crippen molar-refractivity contribution in [1.82, 2.24) is 19.6 Å². The number of nitrogens with one attached hydrogen (secondary N) is 1. The Labute approximate surface area is 180 Å². The van der Waals surface area contributed by atoms with Crippen LogP contribution in [0.5, 0.6) is 5.75 Å². The molecule has 2 heterocycles. The maximum absolute atomic E-state index is 13.0. The first-order chi connectivity index (χ1) is 15.2. The highest BCUT2D eigenvalue weighted by Gasteiger charge is 2.24. The van der Waals surface area contributed by atoms with Gasteiger partial charge in [-0.05, 0) is 61.2 Å². The number of carbonyl (C=O) groups is 1. The zero-order valence-corrected chi connectivity index (χ0v) is 17.2. The summed E-state index contributed by atoms with van der Waals surface area (Å²) in [6, 6.07) is 21.1. The highest BCUT2D eigenvalue weighted by Crippen LogP contribution is 2.31. The van der Waals surface area contributed by atoms with Crippen LogP contribution in [0.4, 0.5) is 5.82 Å². The number of methoxy groups -OCH3 is 1. The quantitative estimate of drug-likeness (QED) is 0.487. The van der Waals surface area contributed by atoms with Crippen molar-refractivity contribution in [2.24, 2.45) is 5.92 Å². The molecule has 1 saturated carbocycles. The van der Waals surface area contributed by atoms with Crippen molar-refractivity contribution in [2.45, 2.75) is 19.4 Å². The van der Waals surface area contributed by atoms with Crippen molar-refractivity contribution < 1.29 is 9.53 Å². The third-order valence-electron chi connectivity index (χ3n) is 5.41. The second-order valence-electron chi connectivity index (χ2n) is 7.69. The summed E-state index contributed by atoms with van der Waals surface area (Å²) >= 11 is 0. The monoisotopic (exact) mass is 413 g/mol. The Hall–Kier alpha value is -3.87. The molecule has 2 aromatic heterocycles. The number of rotatable bonds is 7. The standard InChI is InChI=1S/C24H23N5O2/c1-31-20-11-9-18(10-12-20)22-15-21(27-29(22)19-5-3-2-4-6-19)24(30)26-23-13-14-25-28(23)16-17-7-8-17/h2-6,9-15,17H,7-8,16H2,1H3,(H,26,30). The van der Waals surface area contributed by atoms with E-state index in [0.29, 0.717) is 17.4 Å². The maximum Gasteiger partial charge on any atom is 0.277 e. The molecule has 5 rings (SSSR count). The van der Waals surface area contributed by atoms with Crippen molar-refractivity contribution in [3.05, 3.63) is 78.6 Å². The number of anilines is 1. The summed E-state index contributed by atoms with van der Waals surface area (Å²) in [5.41, 5.74) is 2.99. The van der Waals surface area contributed by atoms with E-state index in [0.717, 1.165) is 29.2 Å². The molecule has 0 bridgehead atoms. The second kappa shape index (κ2) is 8.10. The van der Waals surface area contributed by atoms with Crippen LogP contribution in [0, 0.1) is 5.92 Å². The Morgan fingerprint density at radius 2 is 1.87 bits per heavy atom. The first-order valence-corrected chi connectivity index (χ1v) is 10.3. The Balaban J connectivity index is 1.48. The van der Waals surface area contributed by atoms with Gasteiger partial charge in [-0.25, -0.2) is 9.36 Å². The number of para-hydroxylation sites is 1. The molecule has 156 valence electrons. The van der Waals surface area contributed by atoms with E-state index < -0.39 is 0 Å². The molecule has 7 nitrogen and oxygen atoms in total. The molecule has 0 saturated heterocycles. The van der Waals surface area contributed by atoms with Crippen LogP contribution in [0.15, 0.2) is 72.9 Å². The van der Waals surface area contributed by atoms with Crippen LogP contribution >= 0.6 is 0 Å². The topological polar surface area (TPSA) is 74.0 Å². The van der Waals surface area contributed by atoms with Crippen molar-refractivity contribution in [1.29, 1.82) is 0 Å². The fourth-order valence-electron chi connectivity index (χ4n) is 3.54. The molecule has 4 aromatic rings. The van der Waals surface area contributed by atoms with Gasteiger partial charge < -0.3 is 10.1 Å². The Bertz CT molecular complexity index is 1190. The van der Waals surface area contributed by atoms with E-state index in [1.54, 1.807) is 18.0 Å². The average molecular weight is 413 g/mol. The lowest BCUT2D eigenvalue weighted by molar-refractivity contribution is 0.102. The first-order valence-electron chi connectivity index (χ1n) is 10.3. The van der Waals surface area contributed by atoms with E-state index in [-0.39, 0.29) is 5.91 Å². The molecule has 0 radical (unpaired) electrons. The zero-order valence-electron chi connectivity index (χ0n) is 17.2. The summed E-state index contributed by atoms with van der Waals surface area (Å²) in [7, 11) is 1.64. The molecule has 0 unspecified atom stereocenters. The Morgan fingerprint density at radius 1 is 1.10 bits per heavy atom. The Kier molecular flexibility index (Phi) is 5.00. The van der Waals surface area contributed by atoms with E-state index in [2.05, 4.69) is 15.5 Å². The molecule has 7 heteroatoms. The van der Waals surface area contributed by atoms with Crippen molar-refractivity contribution in [3.8, 4) is 22.7 Å². The van der Waals surface area contributed by atoms with E-state index in [1.165, 1.54) is 12.8 Å². The molecule has 1 N–H and O–H groups in total. The highest BCUT2D eigenvalue weighted by molar-refractivity contribution is 6.03. The number of nitrogens with zero attached hydrogens (tertiary/aromatic N) is 4.